The van der Waals surface area contributed by atoms with Gasteiger partial charge in [0.15, 0.2) is 0 Å². The minimum Gasteiger partial charge on any atom is -0.493 e. The van der Waals surface area contributed by atoms with Crippen LogP contribution in [0.5, 0.6) is 11.5 Å². The summed E-state index contributed by atoms with van der Waals surface area (Å²) in [6, 6.07) is 25.6. The van der Waals surface area contributed by atoms with Crippen molar-refractivity contribution >= 4 is 5.97 Å². The fourth-order valence-corrected chi connectivity index (χ4v) is 3.94. The second-order valence-electron chi connectivity index (χ2n) is 7.52. The molecule has 3 aromatic rings. The average molecular weight is 402 g/mol. The molecule has 0 saturated heterocycles. The van der Waals surface area contributed by atoms with Crippen molar-refractivity contribution in [2.45, 2.75) is 31.8 Å². The highest BCUT2D eigenvalue weighted by atomic mass is 16.6. The van der Waals surface area contributed by atoms with Crippen molar-refractivity contribution in [3.63, 3.8) is 0 Å². The highest BCUT2D eigenvalue weighted by molar-refractivity contribution is 5.81. The Labute approximate surface area is 177 Å². The quantitative estimate of drug-likeness (QED) is 0.514. The molecule has 2 unspecified atom stereocenters. The van der Waals surface area contributed by atoms with Crippen LogP contribution in [0.1, 0.15) is 42.9 Å². The fraction of sp³-hybridized carbons (Fsp3) is 0.269. The van der Waals surface area contributed by atoms with Gasteiger partial charge >= 0.3 is 5.97 Å². The van der Waals surface area contributed by atoms with Crippen LogP contribution in [-0.4, -0.2) is 19.2 Å². The number of fused-ring (bicyclic) bond motifs is 1. The number of rotatable bonds is 6. The van der Waals surface area contributed by atoms with Crippen molar-refractivity contribution in [1.29, 1.82) is 0 Å². The first-order valence-corrected chi connectivity index (χ1v) is 10.4. The summed E-state index contributed by atoms with van der Waals surface area (Å²) >= 11 is 0. The van der Waals surface area contributed by atoms with Crippen LogP contribution in [0.2, 0.25) is 0 Å². The van der Waals surface area contributed by atoms with Gasteiger partial charge in [-0.25, -0.2) is 4.79 Å². The summed E-state index contributed by atoms with van der Waals surface area (Å²) in [6.07, 6.45) is 0.932. The Bertz CT molecular complexity index is 997. The summed E-state index contributed by atoms with van der Waals surface area (Å²) < 4.78 is 17.3. The van der Waals surface area contributed by atoms with Gasteiger partial charge in [-0.3, -0.25) is 0 Å². The molecule has 1 aliphatic heterocycles. The van der Waals surface area contributed by atoms with Crippen molar-refractivity contribution in [1.82, 2.24) is 0 Å². The van der Waals surface area contributed by atoms with E-state index in [0.29, 0.717) is 19.0 Å². The topological polar surface area (TPSA) is 44.8 Å². The maximum atomic E-state index is 12.8. The molecule has 4 heteroatoms. The normalized spacial score (nSPS) is 17.2. The van der Waals surface area contributed by atoms with Gasteiger partial charge in [0, 0.05) is 17.0 Å². The summed E-state index contributed by atoms with van der Waals surface area (Å²) in [6.45, 7) is 4.55. The molecule has 154 valence electrons. The van der Waals surface area contributed by atoms with Crippen LogP contribution in [0.3, 0.4) is 0 Å². The number of benzene rings is 3. The standard InChI is InChI=1S/C26H26O4/c1-3-28-25(27)26(2,20-9-5-4-6-10-20)30-21-15-13-19(14-16-21)22-17-18-29-24-12-8-7-11-23(22)24/h4-16,22H,3,17-18H2,1-2H3. The minimum atomic E-state index is -1.22. The van der Waals surface area contributed by atoms with E-state index in [1.165, 1.54) is 11.1 Å². The van der Waals surface area contributed by atoms with E-state index in [1.807, 2.05) is 60.7 Å². The largest absolute Gasteiger partial charge is 0.493 e. The summed E-state index contributed by atoms with van der Waals surface area (Å²) in [5, 5.41) is 0. The molecule has 0 saturated carbocycles. The van der Waals surface area contributed by atoms with Crippen molar-refractivity contribution in [2.75, 3.05) is 13.2 Å². The van der Waals surface area contributed by atoms with Crippen LogP contribution in [0.15, 0.2) is 78.9 Å². The smallest absolute Gasteiger partial charge is 0.354 e. The van der Waals surface area contributed by atoms with Gasteiger partial charge in [-0.15, -0.1) is 0 Å². The Hall–Kier alpha value is -3.27. The lowest BCUT2D eigenvalue weighted by atomic mass is 9.87. The molecular formula is C26H26O4. The molecule has 0 fully saturated rings. The van der Waals surface area contributed by atoms with E-state index in [9.17, 15) is 4.79 Å². The number of carbonyl (C=O) groups excluding carboxylic acids is 1. The first kappa shape index (κ1) is 20.0. The maximum Gasteiger partial charge on any atom is 0.354 e. The zero-order chi connectivity index (χ0) is 21.0. The molecule has 0 aliphatic carbocycles. The monoisotopic (exact) mass is 402 g/mol. The second-order valence-corrected chi connectivity index (χ2v) is 7.52. The van der Waals surface area contributed by atoms with Crippen molar-refractivity contribution in [3.05, 3.63) is 95.6 Å². The molecule has 0 N–H and O–H groups in total. The van der Waals surface area contributed by atoms with Gasteiger partial charge in [-0.05, 0) is 44.0 Å². The number of para-hydroxylation sites is 1. The third kappa shape index (κ3) is 3.90. The third-order valence-corrected chi connectivity index (χ3v) is 5.55. The first-order valence-electron chi connectivity index (χ1n) is 10.4. The Kier molecular flexibility index (Phi) is 5.75. The lowest BCUT2D eigenvalue weighted by Crippen LogP contribution is -2.40. The molecule has 0 aromatic heterocycles. The molecule has 0 amide bonds. The SMILES string of the molecule is CCOC(=O)C(C)(Oc1ccc(C2CCOc3ccccc32)cc1)c1ccccc1. The van der Waals surface area contributed by atoms with Gasteiger partial charge in [-0.2, -0.15) is 0 Å². The molecule has 1 heterocycles. The molecule has 0 bridgehead atoms. The van der Waals surface area contributed by atoms with Crippen molar-refractivity contribution < 1.29 is 19.0 Å². The Balaban J connectivity index is 1.60. The van der Waals surface area contributed by atoms with E-state index in [4.69, 9.17) is 14.2 Å². The number of hydrogen-bond donors (Lipinski definition) is 0. The van der Waals surface area contributed by atoms with Crippen LogP contribution in [0, 0.1) is 0 Å². The molecule has 30 heavy (non-hydrogen) atoms. The van der Waals surface area contributed by atoms with E-state index < -0.39 is 11.6 Å². The molecular weight excluding hydrogens is 376 g/mol. The predicted octanol–water partition coefficient (Wildman–Crippen LogP) is 5.46. The number of ether oxygens (including phenoxy) is 3. The second kappa shape index (κ2) is 8.62. The lowest BCUT2D eigenvalue weighted by molar-refractivity contribution is -0.161. The molecule has 2 atom stereocenters. The van der Waals surface area contributed by atoms with E-state index in [2.05, 4.69) is 18.2 Å². The Morgan fingerprint density at radius 2 is 1.70 bits per heavy atom. The fourth-order valence-electron chi connectivity index (χ4n) is 3.94. The molecule has 4 nitrogen and oxygen atoms in total. The van der Waals surface area contributed by atoms with Gasteiger partial charge in [-0.1, -0.05) is 60.7 Å². The zero-order valence-electron chi connectivity index (χ0n) is 17.3. The van der Waals surface area contributed by atoms with Crippen LogP contribution >= 0.6 is 0 Å². The van der Waals surface area contributed by atoms with Crippen LogP contribution in [-0.2, 0) is 15.1 Å². The zero-order valence-corrected chi connectivity index (χ0v) is 17.3. The highest BCUT2D eigenvalue weighted by Crippen LogP contribution is 2.39. The number of hydrogen-bond acceptors (Lipinski definition) is 4. The average Bonchev–Trinajstić information content (AvgIpc) is 2.80. The molecule has 0 spiro atoms. The predicted molar refractivity (Wildman–Crippen MR) is 116 cm³/mol. The maximum absolute atomic E-state index is 12.8. The summed E-state index contributed by atoms with van der Waals surface area (Å²) in [7, 11) is 0. The Morgan fingerprint density at radius 3 is 2.43 bits per heavy atom. The van der Waals surface area contributed by atoms with Gasteiger partial charge in [0.05, 0.1) is 13.2 Å². The molecule has 1 aliphatic rings. The number of esters is 1. The van der Waals surface area contributed by atoms with Crippen molar-refractivity contribution in [3.8, 4) is 11.5 Å². The van der Waals surface area contributed by atoms with Gasteiger partial charge in [0.25, 0.3) is 0 Å². The van der Waals surface area contributed by atoms with E-state index in [1.54, 1.807) is 13.8 Å². The third-order valence-electron chi connectivity index (χ3n) is 5.55. The van der Waals surface area contributed by atoms with Crippen molar-refractivity contribution in [2.24, 2.45) is 0 Å². The van der Waals surface area contributed by atoms with Crippen LogP contribution in [0.4, 0.5) is 0 Å². The van der Waals surface area contributed by atoms with E-state index in [0.717, 1.165) is 17.7 Å². The number of carbonyl (C=O) groups is 1. The molecule has 4 rings (SSSR count). The van der Waals surface area contributed by atoms with Gasteiger partial charge in [0.2, 0.25) is 5.60 Å². The highest BCUT2D eigenvalue weighted by Gasteiger charge is 2.39. The van der Waals surface area contributed by atoms with E-state index >= 15 is 0 Å². The molecule has 3 aromatic carbocycles. The Morgan fingerprint density at radius 1 is 1.00 bits per heavy atom. The molecule has 0 radical (unpaired) electrons. The van der Waals surface area contributed by atoms with Crippen LogP contribution < -0.4 is 9.47 Å². The summed E-state index contributed by atoms with van der Waals surface area (Å²) in [5.74, 6) is 1.46. The minimum absolute atomic E-state index is 0.287. The lowest BCUT2D eigenvalue weighted by Gasteiger charge is -2.29. The van der Waals surface area contributed by atoms with Crippen LogP contribution in [0.25, 0.3) is 0 Å². The van der Waals surface area contributed by atoms with Gasteiger partial charge in [0.1, 0.15) is 11.5 Å². The first-order chi connectivity index (χ1) is 14.6. The summed E-state index contributed by atoms with van der Waals surface area (Å²) in [5.41, 5.74) is 1.95. The van der Waals surface area contributed by atoms with E-state index in [-0.39, 0.29) is 5.92 Å². The summed E-state index contributed by atoms with van der Waals surface area (Å²) in [4.78, 5) is 12.8. The van der Waals surface area contributed by atoms with Gasteiger partial charge < -0.3 is 14.2 Å².